The largest absolute Gasteiger partial charge is 0.361 e. The van der Waals surface area contributed by atoms with E-state index >= 15 is 0 Å². The van der Waals surface area contributed by atoms with Crippen molar-refractivity contribution in [3.05, 3.63) is 28.8 Å². The quantitative estimate of drug-likeness (QED) is 0.692. The van der Waals surface area contributed by atoms with Crippen molar-refractivity contribution in [3.63, 3.8) is 0 Å². The second kappa shape index (κ2) is 4.12. The highest BCUT2D eigenvalue weighted by Crippen LogP contribution is 2.42. The van der Waals surface area contributed by atoms with Gasteiger partial charge in [-0.25, -0.2) is 0 Å². The van der Waals surface area contributed by atoms with Crippen LogP contribution in [0.25, 0.3) is 0 Å². The molecule has 1 heteroatoms. The zero-order valence-electron chi connectivity index (χ0n) is 11.2. The first-order valence-electron chi connectivity index (χ1n) is 6.46. The van der Waals surface area contributed by atoms with Gasteiger partial charge in [0.15, 0.2) is 0 Å². The van der Waals surface area contributed by atoms with Crippen LogP contribution in [-0.2, 0) is 0 Å². The van der Waals surface area contributed by atoms with Crippen molar-refractivity contribution < 1.29 is 0 Å². The molecule has 1 heterocycles. The van der Waals surface area contributed by atoms with Crippen molar-refractivity contribution in [3.8, 4) is 0 Å². The Balaban J connectivity index is 2.35. The molecule has 0 spiro atoms. The Hall–Kier alpha value is -0.980. The molecule has 0 radical (unpaired) electrons. The van der Waals surface area contributed by atoms with Gasteiger partial charge in [0.25, 0.3) is 0 Å². The molecule has 0 N–H and O–H groups in total. The van der Waals surface area contributed by atoms with E-state index in [-0.39, 0.29) is 0 Å². The van der Waals surface area contributed by atoms with E-state index in [1.165, 1.54) is 35.2 Å². The Bertz CT molecular complexity index is 361. The molecule has 16 heavy (non-hydrogen) atoms. The van der Waals surface area contributed by atoms with Crippen molar-refractivity contribution in [2.24, 2.45) is 0 Å². The average Bonchev–Trinajstić information content (AvgIpc) is 2.89. The van der Waals surface area contributed by atoms with Crippen LogP contribution in [0.3, 0.4) is 0 Å². The van der Waals surface area contributed by atoms with Crippen LogP contribution in [0.1, 0.15) is 43.4 Å². The van der Waals surface area contributed by atoms with Crippen LogP contribution in [-0.4, -0.2) is 12.1 Å². The number of benzene rings is 1. The predicted molar refractivity (Wildman–Crippen MR) is 71.3 cm³/mol. The van der Waals surface area contributed by atoms with Crippen LogP contribution < -0.4 is 4.90 Å². The first-order chi connectivity index (χ1) is 7.60. The van der Waals surface area contributed by atoms with E-state index in [1.807, 2.05) is 0 Å². The molecule has 0 bridgehead atoms. The fourth-order valence-electron chi connectivity index (χ4n) is 3.18. The van der Waals surface area contributed by atoms with Crippen LogP contribution in [0.5, 0.6) is 0 Å². The molecule has 1 saturated heterocycles. The molecule has 88 valence electrons. The molecule has 0 aromatic heterocycles. The Labute approximate surface area is 99.5 Å². The highest BCUT2D eigenvalue weighted by Gasteiger charge is 2.45. The summed E-state index contributed by atoms with van der Waals surface area (Å²) in [6.45, 7) is 11.3. The standard InChI is InChI=1S/C15H23N/c1-6-13-14(7-2)16(13)15-11(4)8-10(3)9-12(15)5/h8-9,13-14H,6-7H2,1-5H3. The summed E-state index contributed by atoms with van der Waals surface area (Å²) in [5.74, 6) is 0. The van der Waals surface area contributed by atoms with E-state index in [9.17, 15) is 0 Å². The van der Waals surface area contributed by atoms with E-state index in [1.54, 1.807) is 0 Å². The molecule has 1 aliphatic rings. The van der Waals surface area contributed by atoms with E-state index < -0.39 is 0 Å². The number of anilines is 1. The minimum atomic E-state index is 0.783. The molecule has 1 aromatic carbocycles. The highest BCUT2D eigenvalue weighted by atomic mass is 15.4. The summed E-state index contributed by atoms with van der Waals surface area (Å²) in [6.07, 6.45) is 2.54. The number of rotatable bonds is 3. The highest BCUT2D eigenvalue weighted by molar-refractivity contribution is 5.66. The monoisotopic (exact) mass is 217 g/mol. The fraction of sp³-hybridized carbons (Fsp3) is 0.600. The van der Waals surface area contributed by atoms with Gasteiger partial charge in [-0.2, -0.15) is 0 Å². The fourth-order valence-corrected chi connectivity index (χ4v) is 3.18. The summed E-state index contributed by atoms with van der Waals surface area (Å²) < 4.78 is 0. The van der Waals surface area contributed by atoms with Gasteiger partial charge in [0.1, 0.15) is 0 Å². The summed E-state index contributed by atoms with van der Waals surface area (Å²) in [5.41, 5.74) is 5.74. The normalized spacial score (nSPS) is 23.7. The molecule has 1 aromatic rings. The maximum absolute atomic E-state index is 2.62. The van der Waals surface area contributed by atoms with E-state index in [0.29, 0.717) is 0 Å². The number of hydrogen-bond donors (Lipinski definition) is 0. The Morgan fingerprint density at radius 1 is 0.938 bits per heavy atom. The Kier molecular flexibility index (Phi) is 2.96. The Morgan fingerprint density at radius 3 is 1.75 bits per heavy atom. The van der Waals surface area contributed by atoms with Crippen LogP contribution in [0.15, 0.2) is 12.1 Å². The van der Waals surface area contributed by atoms with Gasteiger partial charge in [0.05, 0.1) is 0 Å². The molecule has 1 fully saturated rings. The maximum atomic E-state index is 2.62. The van der Waals surface area contributed by atoms with Gasteiger partial charge < -0.3 is 4.90 Å². The van der Waals surface area contributed by atoms with Gasteiger partial charge in [-0.3, -0.25) is 0 Å². The van der Waals surface area contributed by atoms with Crippen LogP contribution in [0.2, 0.25) is 0 Å². The summed E-state index contributed by atoms with van der Waals surface area (Å²) in [6, 6.07) is 6.18. The molecule has 0 aliphatic carbocycles. The summed E-state index contributed by atoms with van der Waals surface area (Å²) in [4.78, 5) is 2.62. The van der Waals surface area contributed by atoms with Gasteiger partial charge in [-0.15, -0.1) is 0 Å². The third-order valence-electron chi connectivity index (χ3n) is 3.80. The van der Waals surface area contributed by atoms with Gasteiger partial charge >= 0.3 is 0 Å². The van der Waals surface area contributed by atoms with E-state index in [0.717, 1.165) is 12.1 Å². The Morgan fingerprint density at radius 2 is 1.38 bits per heavy atom. The number of hydrogen-bond acceptors (Lipinski definition) is 1. The second-order valence-corrected chi connectivity index (χ2v) is 5.11. The predicted octanol–water partition coefficient (Wildman–Crippen LogP) is 3.99. The maximum Gasteiger partial charge on any atom is 0.0495 e. The van der Waals surface area contributed by atoms with Gasteiger partial charge in [0.2, 0.25) is 0 Å². The minimum absolute atomic E-state index is 0.783. The first kappa shape index (κ1) is 11.5. The van der Waals surface area contributed by atoms with Crippen molar-refractivity contribution in [2.45, 2.75) is 59.5 Å². The lowest BCUT2D eigenvalue weighted by Gasteiger charge is -2.14. The molecule has 0 amide bonds. The van der Waals surface area contributed by atoms with Crippen LogP contribution in [0.4, 0.5) is 5.69 Å². The molecule has 2 atom stereocenters. The third-order valence-corrected chi connectivity index (χ3v) is 3.80. The smallest absolute Gasteiger partial charge is 0.0495 e. The average molecular weight is 217 g/mol. The molecule has 2 rings (SSSR count). The van der Waals surface area contributed by atoms with Crippen molar-refractivity contribution in [1.82, 2.24) is 0 Å². The van der Waals surface area contributed by atoms with Gasteiger partial charge in [-0.1, -0.05) is 31.5 Å². The van der Waals surface area contributed by atoms with Gasteiger partial charge in [-0.05, 0) is 44.7 Å². The van der Waals surface area contributed by atoms with Crippen molar-refractivity contribution in [1.29, 1.82) is 0 Å². The molecule has 2 unspecified atom stereocenters. The SMILES string of the molecule is CCC1C(CC)N1c1c(C)cc(C)cc1C. The molecule has 1 aliphatic heterocycles. The van der Waals surface area contributed by atoms with Crippen LogP contribution >= 0.6 is 0 Å². The summed E-state index contributed by atoms with van der Waals surface area (Å²) in [7, 11) is 0. The summed E-state index contributed by atoms with van der Waals surface area (Å²) >= 11 is 0. The lowest BCUT2D eigenvalue weighted by atomic mass is 10.1. The zero-order valence-corrected chi connectivity index (χ0v) is 11.2. The van der Waals surface area contributed by atoms with Gasteiger partial charge in [0, 0.05) is 17.8 Å². The molecule has 0 saturated carbocycles. The van der Waals surface area contributed by atoms with E-state index in [2.05, 4.69) is 51.7 Å². The number of nitrogens with zero attached hydrogens (tertiary/aromatic N) is 1. The minimum Gasteiger partial charge on any atom is -0.361 e. The lowest BCUT2D eigenvalue weighted by Crippen LogP contribution is -2.04. The van der Waals surface area contributed by atoms with Crippen molar-refractivity contribution >= 4 is 5.69 Å². The molecule has 1 nitrogen and oxygen atoms in total. The first-order valence-corrected chi connectivity index (χ1v) is 6.46. The lowest BCUT2D eigenvalue weighted by molar-refractivity contribution is 0.817. The summed E-state index contributed by atoms with van der Waals surface area (Å²) in [5, 5.41) is 0. The topological polar surface area (TPSA) is 3.01 Å². The second-order valence-electron chi connectivity index (χ2n) is 5.11. The van der Waals surface area contributed by atoms with Crippen LogP contribution in [0, 0.1) is 20.8 Å². The molecular weight excluding hydrogens is 194 g/mol. The molecular formula is C15H23N. The van der Waals surface area contributed by atoms with E-state index in [4.69, 9.17) is 0 Å². The number of aryl methyl sites for hydroxylation is 3. The van der Waals surface area contributed by atoms with Crippen molar-refractivity contribution in [2.75, 3.05) is 4.90 Å². The third kappa shape index (κ3) is 1.73. The zero-order chi connectivity index (χ0) is 11.9.